The van der Waals surface area contributed by atoms with Gasteiger partial charge in [-0.15, -0.1) is 0 Å². The van der Waals surface area contributed by atoms with Gasteiger partial charge in [0.15, 0.2) is 0 Å². The number of rotatable bonds is 1. The highest BCUT2D eigenvalue weighted by Crippen LogP contribution is 2.37. The SMILES string of the molecule is CN1CCCc2cc(-c3c(C#N)c(N)nc4c3COCC4)ccc21. The van der Waals surface area contributed by atoms with Gasteiger partial charge in [0.25, 0.3) is 0 Å². The van der Waals surface area contributed by atoms with Gasteiger partial charge in [-0.3, -0.25) is 0 Å². The van der Waals surface area contributed by atoms with Gasteiger partial charge in [0.05, 0.1) is 18.9 Å². The molecule has 5 heteroatoms. The fourth-order valence-corrected chi connectivity index (χ4v) is 3.77. The molecule has 5 nitrogen and oxygen atoms in total. The number of ether oxygens (including phenoxy) is 1. The molecular formula is C19H20N4O. The lowest BCUT2D eigenvalue weighted by atomic mass is 9.90. The standard InChI is InChI=1S/C19H20N4O/c1-23-7-2-3-12-9-13(4-5-17(12)23)18-14(10-20)19(21)22-16-6-8-24-11-15(16)18/h4-5,9H,2-3,6-8,11H2,1H3,(H2,21,22). The van der Waals surface area contributed by atoms with Gasteiger partial charge in [-0.05, 0) is 36.1 Å². The zero-order valence-corrected chi connectivity index (χ0v) is 13.8. The van der Waals surface area contributed by atoms with Crippen molar-refractivity contribution in [3.63, 3.8) is 0 Å². The minimum absolute atomic E-state index is 0.322. The van der Waals surface area contributed by atoms with E-state index in [0.29, 0.717) is 24.6 Å². The Labute approximate surface area is 141 Å². The fourth-order valence-electron chi connectivity index (χ4n) is 3.77. The van der Waals surface area contributed by atoms with Crippen LogP contribution in [0.15, 0.2) is 18.2 Å². The van der Waals surface area contributed by atoms with Crippen molar-refractivity contribution >= 4 is 11.5 Å². The van der Waals surface area contributed by atoms with Crippen LogP contribution in [0, 0.1) is 11.3 Å². The maximum atomic E-state index is 9.62. The molecule has 1 aromatic heterocycles. The van der Waals surface area contributed by atoms with Crippen LogP contribution in [0.1, 0.15) is 28.8 Å². The quantitative estimate of drug-likeness (QED) is 0.874. The smallest absolute Gasteiger partial charge is 0.142 e. The first-order valence-corrected chi connectivity index (χ1v) is 8.32. The van der Waals surface area contributed by atoms with Gasteiger partial charge in [0, 0.05) is 36.8 Å². The minimum atomic E-state index is 0.322. The second-order valence-corrected chi connectivity index (χ2v) is 6.46. The maximum absolute atomic E-state index is 9.62. The van der Waals surface area contributed by atoms with Gasteiger partial charge in [0.1, 0.15) is 17.5 Å². The minimum Gasteiger partial charge on any atom is -0.383 e. The van der Waals surface area contributed by atoms with Gasteiger partial charge in [-0.25, -0.2) is 4.98 Å². The molecule has 0 bridgehead atoms. The van der Waals surface area contributed by atoms with E-state index in [4.69, 9.17) is 10.5 Å². The van der Waals surface area contributed by atoms with Crippen molar-refractivity contribution in [2.24, 2.45) is 0 Å². The van der Waals surface area contributed by atoms with Crippen LogP contribution < -0.4 is 10.6 Å². The number of aryl methyl sites for hydroxylation is 1. The number of hydrogen-bond acceptors (Lipinski definition) is 5. The average molecular weight is 320 g/mol. The fraction of sp³-hybridized carbons (Fsp3) is 0.368. The van der Waals surface area contributed by atoms with E-state index in [0.717, 1.165) is 48.2 Å². The molecule has 2 aromatic rings. The third kappa shape index (κ3) is 2.31. The lowest BCUT2D eigenvalue weighted by molar-refractivity contribution is 0.109. The Balaban J connectivity index is 1.93. The summed E-state index contributed by atoms with van der Waals surface area (Å²) in [5.74, 6) is 0.322. The molecule has 3 heterocycles. The van der Waals surface area contributed by atoms with Crippen molar-refractivity contribution in [2.45, 2.75) is 25.9 Å². The number of anilines is 2. The van der Waals surface area contributed by atoms with E-state index >= 15 is 0 Å². The molecular weight excluding hydrogens is 300 g/mol. The summed E-state index contributed by atoms with van der Waals surface area (Å²) in [6, 6.07) is 8.69. The molecule has 0 atom stereocenters. The molecule has 0 saturated heterocycles. The van der Waals surface area contributed by atoms with Gasteiger partial charge in [-0.2, -0.15) is 5.26 Å². The maximum Gasteiger partial charge on any atom is 0.142 e. The summed E-state index contributed by atoms with van der Waals surface area (Å²) in [4.78, 5) is 6.72. The second kappa shape index (κ2) is 5.81. The molecule has 0 saturated carbocycles. The summed E-state index contributed by atoms with van der Waals surface area (Å²) in [6.45, 7) is 2.23. The van der Waals surface area contributed by atoms with E-state index in [2.05, 4.69) is 41.2 Å². The summed E-state index contributed by atoms with van der Waals surface area (Å²) in [5.41, 5.74) is 13.0. The Morgan fingerprint density at radius 2 is 2.21 bits per heavy atom. The van der Waals surface area contributed by atoms with Gasteiger partial charge < -0.3 is 15.4 Å². The van der Waals surface area contributed by atoms with Crippen LogP contribution in [0.2, 0.25) is 0 Å². The highest BCUT2D eigenvalue weighted by molar-refractivity contribution is 5.81. The predicted octanol–water partition coefficient (Wildman–Crippen LogP) is 2.66. The first-order valence-electron chi connectivity index (χ1n) is 8.32. The molecule has 4 rings (SSSR count). The van der Waals surface area contributed by atoms with Crippen molar-refractivity contribution in [1.82, 2.24) is 4.98 Å². The Hall–Kier alpha value is -2.58. The summed E-state index contributed by atoms with van der Waals surface area (Å²) < 4.78 is 5.63. The van der Waals surface area contributed by atoms with Crippen LogP contribution >= 0.6 is 0 Å². The molecule has 2 aliphatic heterocycles. The predicted molar refractivity (Wildman–Crippen MR) is 93.8 cm³/mol. The number of aromatic nitrogens is 1. The van der Waals surface area contributed by atoms with E-state index < -0.39 is 0 Å². The monoisotopic (exact) mass is 320 g/mol. The normalized spacial score (nSPS) is 16.2. The molecule has 0 amide bonds. The number of pyridine rings is 1. The first kappa shape index (κ1) is 15.0. The molecule has 0 unspecified atom stereocenters. The van der Waals surface area contributed by atoms with Crippen molar-refractivity contribution < 1.29 is 4.74 Å². The van der Waals surface area contributed by atoms with Crippen LogP contribution in [-0.2, 0) is 24.2 Å². The molecule has 1 aromatic carbocycles. The van der Waals surface area contributed by atoms with Gasteiger partial charge in [0.2, 0.25) is 0 Å². The topological polar surface area (TPSA) is 75.2 Å². The molecule has 2 aliphatic rings. The van der Waals surface area contributed by atoms with E-state index in [9.17, 15) is 5.26 Å². The summed E-state index contributed by atoms with van der Waals surface area (Å²) in [7, 11) is 2.12. The second-order valence-electron chi connectivity index (χ2n) is 6.46. The number of benzene rings is 1. The molecule has 2 N–H and O–H groups in total. The lowest BCUT2D eigenvalue weighted by Crippen LogP contribution is -2.24. The highest BCUT2D eigenvalue weighted by atomic mass is 16.5. The number of nitrogens with two attached hydrogens (primary N) is 1. The summed E-state index contributed by atoms with van der Waals surface area (Å²) in [5, 5.41) is 9.62. The lowest BCUT2D eigenvalue weighted by Gasteiger charge is -2.28. The summed E-state index contributed by atoms with van der Waals surface area (Å²) >= 11 is 0. The summed E-state index contributed by atoms with van der Waals surface area (Å²) in [6.07, 6.45) is 2.96. The van der Waals surface area contributed by atoms with Crippen LogP contribution in [0.3, 0.4) is 0 Å². The van der Waals surface area contributed by atoms with Crippen LogP contribution in [0.25, 0.3) is 11.1 Å². The third-order valence-electron chi connectivity index (χ3n) is 4.97. The van der Waals surface area contributed by atoms with Crippen LogP contribution in [0.4, 0.5) is 11.5 Å². The van der Waals surface area contributed by atoms with Crippen molar-refractivity contribution in [2.75, 3.05) is 30.8 Å². The highest BCUT2D eigenvalue weighted by Gasteiger charge is 2.23. The van der Waals surface area contributed by atoms with E-state index in [-0.39, 0.29) is 0 Å². The molecule has 24 heavy (non-hydrogen) atoms. The zero-order valence-electron chi connectivity index (χ0n) is 13.8. The Kier molecular flexibility index (Phi) is 3.62. The van der Waals surface area contributed by atoms with Gasteiger partial charge in [-0.1, -0.05) is 6.07 Å². The molecule has 0 fully saturated rings. The van der Waals surface area contributed by atoms with Crippen molar-refractivity contribution in [1.29, 1.82) is 5.26 Å². The number of hydrogen-bond donors (Lipinski definition) is 1. The molecule has 122 valence electrons. The Bertz CT molecular complexity index is 853. The van der Waals surface area contributed by atoms with Crippen LogP contribution in [0.5, 0.6) is 0 Å². The number of nitrogens with zero attached hydrogens (tertiary/aromatic N) is 3. The number of nitrogen functional groups attached to an aromatic ring is 1. The first-order chi connectivity index (χ1) is 11.7. The molecule has 0 spiro atoms. The largest absolute Gasteiger partial charge is 0.383 e. The van der Waals surface area contributed by atoms with Crippen molar-refractivity contribution in [3.05, 3.63) is 40.6 Å². The Morgan fingerprint density at radius 1 is 1.33 bits per heavy atom. The van der Waals surface area contributed by atoms with Gasteiger partial charge >= 0.3 is 0 Å². The number of fused-ring (bicyclic) bond motifs is 2. The molecule has 0 aliphatic carbocycles. The third-order valence-corrected chi connectivity index (χ3v) is 4.97. The van der Waals surface area contributed by atoms with Crippen molar-refractivity contribution in [3.8, 4) is 17.2 Å². The van der Waals surface area contributed by atoms with Crippen LogP contribution in [-0.4, -0.2) is 25.2 Å². The van der Waals surface area contributed by atoms with E-state index in [1.54, 1.807) is 0 Å². The van der Waals surface area contributed by atoms with E-state index in [1.165, 1.54) is 11.3 Å². The Morgan fingerprint density at radius 3 is 3.04 bits per heavy atom. The zero-order chi connectivity index (χ0) is 16.7. The average Bonchev–Trinajstić information content (AvgIpc) is 2.60. The number of nitriles is 1. The van der Waals surface area contributed by atoms with E-state index in [1.807, 2.05) is 0 Å². The molecule has 0 radical (unpaired) electrons.